The summed E-state index contributed by atoms with van der Waals surface area (Å²) in [5, 5.41) is 13.8. The second-order valence-corrected chi connectivity index (χ2v) is 12.1. The topological polar surface area (TPSA) is 106 Å². The molecule has 0 bridgehead atoms. The van der Waals surface area contributed by atoms with Crippen LogP contribution >= 0.6 is 0 Å². The quantitative estimate of drug-likeness (QED) is 0.237. The van der Waals surface area contributed by atoms with Gasteiger partial charge in [-0.15, -0.1) is 0 Å². The van der Waals surface area contributed by atoms with Crippen molar-refractivity contribution in [2.45, 2.75) is 51.2 Å². The van der Waals surface area contributed by atoms with E-state index in [4.69, 9.17) is 0 Å². The Morgan fingerprint density at radius 2 is 1.64 bits per heavy atom. The predicted octanol–water partition coefficient (Wildman–Crippen LogP) is 5.26. The first-order valence-corrected chi connectivity index (χ1v) is 15.5. The van der Waals surface area contributed by atoms with Crippen LogP contribution in [0.2, 0.25) is 0 Å². The standard InChI is InChI=1S/C36H37N7O2/c1-22-34(42(2)21-38-22)24-11-13-29(14-12-24)40-36(45)33(41-35(44)32-15-16-39-43(32)3)30-6-4-5-23-7-8-26(18-31(23)30)25-9-10-27-19-37-20-28(27)17-25/h7-18,21,30,33,37H,4-6,19-20H2,1-3H3,(H,40,45)(H,41,44)/t30-,33?/m1/s1. The Morgan fingerprint density at radius 3 is 2.38 bits per heavy atom. The summed E-state index contributed by atoms with van der Waals surface area (Å²) in [5.74, 6) is -0.772. The lowest BCUT2D eigenvalue weighted by Gasteiger charge is -2.32. The van der Waals surface area contributed by atoms with E-state index in [1.54, 1.807) is 25.6 Å². The maximum Gasteiger partial charge on any atom is 0.270 e. The van der Waals surface area contributed by atoms with Crippen LogP contribution in [0, 0.1) is 6.92 Å². The largest absolute Gasteiger partial charge is 0.338 e. The molecule has 0 saturated carbocycles. The Kier molecular flexibility index (Phi) is 7.55. The highest BCUT2D eigenvalue weighted by Crippen LogP contribution is 2.38. The molecule has 3 heterocycles. The monoisotopic (exact) mass is 599 g/mol. The van der Waals surface area contributed by atoms with Gasteiger partial charge in [-0.25, -0.2) is 4.98 Å². The fourth-order valence-electron chi connectivity index (χ4n) is 6.89. The average Bonchev–Trinajstić information content (AvgIpc) is 3.79. The first-order valence-electron chi connectivity index (χ1n) is 15.5. The zero-order valence-corrected chi connectivity index (χ0v) is 25.8. The van der Waals surface area contributed by atoms with Crippen LogP contribution in [0.15, 0.2) is 79.3 Å². The highest BCUT2D eigenvalue weighted by atomic mass is 16.2. The van der Waals surface area contributed by atoms with E-state index in [1.165, 1.54) is 21.4 Å². The van der Waals surface area contributed by atoms with E-state index in [2.05, 4.69) is 62.4 Å². The van der Waals surface area contributed by atoms with Gasteiger partial charge in [0.15, 0.2) is 0 Å². The molecule has 0 spiro atoms. The summed E-state index contributed by atoms with van der Waals surface area (Å²) >= 11 is 0. The summed E-state index contributed by atoms with van der Waals surface area (Å²) < 4.78 is 3.51. The molecule has 2 amide bonds. The fourth-order valence-corrected chi connectivity index (χ4v) is 6.89. The van der Waals surface area contributed by atoms with E-state index in [-0.39, 0.29) is 17.7 Å². The Hall–Kier alpha value is -5.02. The van der Waals surface area contributed by atoms with Gasteiger partial charge in [0, 0.05) is 50.6 Å². The van der Waals surface area contributed by atoms with Gasteiger partial charge in [0.25, 0.3) is 5.91 Å². The number of fused-ring (bicyclic) bond motifs is 2. The van der Waals surface area contributed by atoms with E-state index in [0.29, 0.717) is 11.4 Å². The van der Waals surface area contributed by atoms with Crippen molar-refractivity contribution in [2.75, 3.05) is 5.32 Å². The Balaban J connectivity index is 1.21. The molecule has 2 aromatic heterocycles. The lowest BCUT2D eigenvalue weighted by Crippen LogP contribution is -2.48. The minimum atomic E-state index is -0.787. The number of carbonyl (C=O) groups is 2. The summed E-state index contributed by atoms with van der Waals surface area (Å²) in [7, 11) is 3.69. The van der Waals surface area contributed by atoms with Crippen molar-refractivity contribution in [3.05, 3.63) is 113 Å². The lowest BCUT2D eigenvalue weighted by atomic mass is 9.77. The van der Waals surface area contributed by atoms with Crippen molar-refractivity contribution in [3.63, 3.8) is 0 Å². The van der Waals surface area contributed by atoms with Gasteiger partial charge in [-0.3, -0.25) is 14.3 Å². The summed E-state index contributed by atoms with van der Waals surface area (Å²) in [6.45, 7) is 3.76. The highest BCUT2D eigenvalue weighted by molar-refractivity contribution is 6.01. The molecule has 228 valence electrons. The molecule has 2 atom stereocenters. The third-order valence-electron chi connectivity index (χ3n) is 9.25. The van der Waals surface area contributed by atoms with E-state index < -0.39 is 6.04 Å². The number of aromatic nitrogens is 4. The van der Waals surface area contributed by atoms with Gasteiger partial charge >= 0.3 is 0 Å². The summed E-state index contributed by atoms with van der Waals surface area (Å²) in [6, 6.07) is 21.9. The molecular weight excluding hydrogens is 562 g/mol. The number of anilines is 1. The number of imidazole rings is 1. The second-order valence-electron chi connectivity index (χ2n) is 12.1. The van der Waals surface area contributed by atoms with E-state index >= 15 is 0 Å². The van der Waals surface area contributed by atoms with Crippen LogP contribution in [0.25, 0.3) is 22.4 Å². The maximum absolute atomic E-state index is 14.1. The lowest BCUT2D eigenvalue weighted by molar-refractivity contribution is -0.118. The average molecular weight is 600 g/mol. The number of hydrogen-bond acceptors (Lipinski definition) is 5. The molecular formula is C36H37N7O2. The van der Waals surface area contributed by atoms with Crippen LogP contribution in [0.1, 0.15) is 57.2 Å². The van der Waals surface area contributed by atoms with Gasteiger partial charge in [0.05, 0.1) is 17.7 Å². The second kappa shape index (κ2) is 11.8. The smallest absolute Gasteiger partial charge is 0.270 e. The van der Waals surface area contributed by atoms with E-state index in [0.717, 1.165) is 66.0 Å². The van der Waals surface area contributed by atoms with Crippen LogP contribution in [-0.4, -0.2) is 37.2 Å². The molecule has 0 saturated heterocycles. The maximum atomic E-state index is 14.1. The molecule has 1 unspecified atom stereocenters. The van der Waals surface area contributed by atoms with Crippen molar-refractivity contribution >= 4 is 17.5 Å². The van der Waals surface area contributed by atoms with Crippen molar-refractivity contribution in [1.29, 1.82) is 0 Å². The third kappa shape index (κ3) is 5.55. The summed E-state index contributed by atoms with van der Waals surface area (Å²) in [4.78, 5) is 32.1. The predicted molar refractivity (Wildman–Crippen MR) is 175 cm³/mol. The molecule has 7 rings (SSSR count). The molecule has 45 heavy (non-hydrogen) atoms. The number of nitrogens with zero attached hydrogens (tertiary/aromatic N) is 4. The van der Waals surface area contributed by atoms with Crippen molar-refractivity contribution < 1.29 is 9.59 Å². The molecule has 2 aliphatic rings. The number of carbonyl (C=O) groups excluding carboxylic acids is 2. The van der Waals surface area contributed by atoms with Crippen molar-refractivity contribution in [3.8, 4) is 22.4 Å². The van der Waals surface area contributed by atoms with Crippen LogP contribution in [0.4, 0.5) is 5.69 Å². The normalized spacial score (nSPS) is 16.1. The van der Waals surface area contributed by atoms with Gasteiger partial charge in [0.1, 0.15) is 11.7 Å². The first kappa shape index (κ1) is 28.7. The summed E-state index contributed by atoms with van der Waals surface area (Å²) in [6.07, 6.45) is 6.05. The number of rotatable bonds is 7. The number of hydrogen-bond donors (Lipinski definition) is 3. The van der Waals surface area contributed by atoms with Crippen molar-refractivity contribution in [2.24, 2.45) is 14.1 Å². The highest BCUT2D eigenvalue weighted by Gasteiger charge is 2.35. The van der Waals surface area contributed by atoms with E-state index in [9.17, 15) is 9.59 Å². The molecule has 3 aromatic carbocycles. The number of benzene rings is 3. The minimum absolute atomic E-state index is 0.196. The van der Waals surface area contributed by atoms with Gasteiger partial charge in [-0.2, -0.15) is 5.10 Å². The Labute approximate surface area is 262 Å². The Morgan fingerprint density at radius 1 is 0.911 bits per heavy atom. The molecule has 3 N–H and O–H groups in total. The minimum Gasteiger partial charge on any atom is -0.338 e. The van der Waals surface area contributed by atoms with Crippen LogP contribution < -0.4 is 16.0 Å². The van der Waals surface area contributed by atoms with Gasteiger partial charge in [-0.05, 0) is 83.8 Å². The molecule has 5 aromatic rings. The van der Waals surface area contributed by atoms with E-state index in [1.807, 2.05) is 42.8 Å². The molecule has 9 nitrogen and oxygen atoms in total. The fraction of sp³-hybridized carbons (Fsp3) is 0.278. The number of amides is 2. The molecule has 1 aliphatic carbocycles. The van der Waals surface area contributed by atoms with Gasteiger partial charge in [-0.1, -0.05) is 42.5 Å². The van der Waals surface area contributed by atoms with Gasteiger partial charge < -0.3 is 20.5 Å². The van der Waals surface area contributed by atoms with Crippen LogP contribution in [-0.2, 0) is 38.4 Å². The van der Waals surface area contributed by atoms with Crippen LogP contribution in [0.5, 0.6) is 0 Å². The Bertz CT molecular complexity index is 1880. The third-order valence-corrected chi connectivity index (χ3v) is 9.25. The first-order chi connectivity index (χ1) is 21.9. The molecule has 9 heteroatoms. The molecule has 1 aliphatic heterocycles. The SMILES string of the molecule is Cc1ncn(C)c1-c1ccc(NC(=O)C(NC(=O)c2ccnn2C)[C@@H]2CCCc3ccc(-c4ccc5c(c4)CNC5)cc32)cc1. The number of nitrogens with one attached hydrogen (secondary N) is 3. The molecule has 0 fully saturated rings. The van der Waals surface area contributed by atoms with Crippen LogP contribution in [0.3, 0.4) is 0 Å². The summed E-state index contributed by atoms with van der Waals surface area (Å²) in [5.41, 5.74) is 11.3. The van der Waals surface area contributed by atoms with Gasteiger partial charge in [0.2, 0.25) is 5.91 Å². The zero-order valence-electron chi connectivity index (χ0n) is 25.8. The zero-order chi connectivity index (χ0) is 31.1. The number of aryl methyl sites for hydroxylation is 4. The van der Waals surface area contributed by atoms with Crippen molar-refractivity contribution in [1.82, 2.24) is 30.0 Å². The molecule has 0 radical (unpaired) electrons.